The number of carbonyl (C=O) groups excluding carboxylic acids is 1. The van der Waals surface area contributed by atoms with Crippen LogP contribution in [0, 0.1) is 12.8 Å². The van der Waals surface area contributed by atoms with Gasteiger partial charge in [0.1, 0.15) is 17.6 Å². The highest BCUT2D eigenvalue weighted by Crippen LogP contribution is 2.37. The van der Waals surface area contributed by atoms with Gasteiger partial charge in [0.25, 0.3) is 0 Å². The zero-order chi connectivity index (χ0) is 22.3. The highest BCUT2D eigenvalue weighted by atomic mass is 32.1. The fraction of sp³-hybridized carbons (Fsp3) is 0.500. The van der Waals surface area contributed by atoms with Crippen molar-refractivity contribution in [1.82, 2.24) is 4.98 Å². The van der Waals surface area contributed by atoms with Crippen LogP contribution in [0.3, 0.4) is 0 Å². The Bertz CT molecular complexity index is 997. The lowest BCUT2D eigenvalue weighted by atomic mass is 9.81. The van der Waals surface area contributed by atoms with Gasteiger partial charge in [0.2, 0.25) is 5.91 Å². The molecule has 0 unspecified atom stereocenters. The van der Waals surface area contributed by atoms with Gasteiger partial charge in [-0.1, -0.05) is 20.9 Å². The molecule has 1 saturated carbocycles. The Morgan fingerprint density at radius 2 is 1.91 bits per heavy atom. The fourth-order valence-electron chi connectivity index (χ4n) is 3.95. The number of ether oxygens (including phenoxy) is 1. The van der Waals surface area contributed by atoms with Crippen molar-refractivity contribution in [2.45, 2.75) is 59.8 Å². The number of fused-ring (bicyclic) bond motifs is 1. The van der Waals surface area contributed by atoms with Gasteiger partial charge < -0.3 is 20.3 Å². The molecule has 1 aliphatic carbocycles. The number of aromatic nitrogens is 1. The van der Waals surface area contributed by atoms with E-state index in [1.165, 1.54) is 6.07 Å². The van der Waals surface area contributed by atoms with E-state index >= 15 is 0 Å². The van der Waals surface area contributed by atoms with E-state index in [1.54, 1.807) is 6.07 Å². The van der Waals surface area contributed by atoms with Gasteiger partial charge in [0.15, 0.2) is 0 Å². The minimum absolute atomic E-state index is 0. The van der Waals surface area contributed by atoms with Crippen LogP contribution in [-0.4, -0.2) is 36.6 Å². The summed E-state index contributed by atoms with van der Waals surface area (Å²) in [5.41, 5.74) is 1.70. The molecule has 1 fully saturated rings. The van der Waals surface area contributed by atoms with E-state index in [2.05, 4.69) is 15.6 Å². The van der Waals surface area contributed by atoms with Crippen molar-refractivity contribution in [3.05, 3.63) is 41.6 Å². The Morgan fingerprint density at radius 1 is 1.24 bits per heavy atom. The molecule has 190 valence electrons. The molecule has 6 nitrogen and oxygen atoms in total. The van der Waals surface area contributed by atoms with Gasteiger partial charge in [0.05, 0.1) is 29.2 Å². The van der Waals surface area contributed by atoms with Gasteiger partial charge in [-0.2, -0.15) is 26.7 Å². The zero-order valence-electron chi connectivity index (χ0n) is 18.1. The summed E-state index contributed by atoms with van der Waals surface area (Å²) in [6.45, 7) is 4.09. The average Bonchev–Trinajstić information content (AvgIpc) is 2.68. The SMILES string of the molecule is C.C.Cc1nc(NC2CC(COc3cccc(C(F)(F)F)c3)C2)cc2c1NC(=O)[C@H](C)N2C.S. The molecule has 1 aromatic heterocycles. The largest absolute Gasteiger partial charge is 0.493 e. The number of anilines is 3. The second kappa shape index (κ2) is 11.2. The molecule has 1 aliphatic heterocycles. The van der Waals surface area contributed by atoms with Gasteiger partial charge in [-0.15, -0.1) is 0 Å². The zero-order valence-corrected chi connectivity index (χ0v) is 19.1. The van der Waals surface area contributed by atoms with Crippen LogP contribution < -0.4 is 20.3 Å². The van der Waals surface area contributed by atoms with Crippen LogP contribution in [0.2, 0.25) is 0 Å². The highest BCUT2D eigenvalue weighted by Gasteiger charge is 2.33. The number of rotatable bonds is 5. The standard InChI is InChI=1S/C22H25F3N4O2.2CH4.H2S/c1-12-20-18(29(3)13(2)21(30)28-20)10-19(26-12)27-16-7-14(8-16)11-31-17-6-4-5-15(9-17)22(23,24)25;;;/h4-6,9-10,13-14,16H,7-8,11H2,1-3H3,(H,26,27)(H,28,30);2*1H4;1H2/t13-,14?,16?;;;/m0.../s1. The molecular formula is C24H35F3N4O2S. The summed E-state index contributed by atoms with van der Waals surface area (Å²) in [6, 6.07) is 6.86. The van der Waals surface area contributed by atoms with E-state index in [0.29, 0.717) is 6.61 Å². The van der Waals surface area contributed by atoms with Crippen LogP contribution in [0.1, 0.15) is 45.9 Å². The second-order valence-electron chi connectivity index (χ2n) is 8.28. The highest BCUT2D eigenvalue weighted by molar-refractivity contribution is 7.59. The van der Waals surface area contributed by atoms with E-state index in [1.807, 2.05) is 31.9 Å². The molecule has 34 heavy (non-hydrogen) atoms. The van der Waals surface area contributed by atoms with Crippen molar-refractivity contribution in [1.29, 1.82) is 0 Å². The topological polar surface area (TPSA) is 66.5 Å². The molecule has 1 amide bonds. The quantitative estimate of drug-likeness (QED) is 0.540. The summed E-state index contributed by atoms with van der Waals surface area (Å²) >= 11 is 0. The number of likely N-dealkylation sites (N-methyl/N-ethyl adjacent to an activating group) is 1. The van der Waals surface area contributed by atoms with Crippen LogP contribution in [0.4, 0.5) is 30.4 Å². The first kappa shape index (κ1) is 29.4. The van der Waals surface area contributed by atoms with Gasteiger partial charge in [-0.3, -0.25) is 4.79 Å². The average molecular weight is 501 g/mol. The maximum atomic E-state index is 12.8. The molecular weight excluding hydrogens is 465 g/mol. The summed E-state index contributed by atoms with van der Waals surface area (Å²) in [5.74, 6) is 1.20. The predicted molar refractivity (Wildman–Crippen MR) is 136 cm³/mol. The third kappa shape index (κ3) is 6.08. The van der Waals surface area contributed by atoms with E-state index in [-0.39, 0.29) is 58.0 Å². The third-order valence-electron chi connectivity index (χ3n) is 6.00. The second-order valence-corrected chi connectivity index (χ2v) is 8.28. The molecule has 2 N–H and O–H groups in total. The van der Waals surface area contributed by atoms with Gasteiger partial charge in [0, 0.05) is 19.2 Å². The van der Waals surface area contributed by atoms with E-state index < -0.39 is 11.7 Å². The smallest absolute Gasteiger partial charge is 0.416 e. The number of pyridine rings is 1. The normalized spacial score (nSPS) is 20.9. The lowest BCUT2D eigenvalue weighted by Crippen LogP contribution is -2.44. The summed E-state index contributed by atoms with van der Waals surface area (Å²) in [5, 5.41) is 6.33. The minimum Gasteiger partial charge on any atom is -0.493 e. The number of nitrogens with zero attached hydrogens (tertiary/aromatic N) is 2. The minimum atomic E-state index is -4.38. The van der Waals surface area contributed by atoms with E-state index in [9.17, 15) is 18.0 Å². The van der Waals surface area contributed by atoms with Crippen molar-refractivity contribution >= 4 is 36.6 Å². The molecule has 1 aromatic carbocycles. The first-order valence-corrected chi connectivity index (χ1v) is 10.2. The lowest BCUT2D eigenvalue weighted by Gasteiger charge is -2.37. The number of amides is 1. The molecule has 2 aliphatic rings. The van der Waals surface area contributed by atoms with Crippen molar-refractivity contribution in [2.75, 3.05) is 29.2 Å². The van der Waals surface area contributed by atoms with Crippen LogP contribution in [0.15, 0.2) is 30.3 Å². The Kier molecular flexibility index (Phi) is 9.69. The molecule has 0 bridgehead atoms. The molecule has 2 aromatic rings. The Labute approximate surface area is 206 Å². The number of alkyl halides is 3. The van der Waals surface area contributed by atoms with Crippen LogP contribution in [0.25, 0.3) is 0 Å². The summed E-state index contributed by atoms with van der Waals surface area (Å²) in [4.78, 5) is 18.5. The van der Waals surface area contributed by atoms with Crippen molar-refractivity contribution in [2.24, 2.45) is 5.92 Å². The molecule has 2 heterocycles. The number of nitrogens with one attached hydrogen (secondary N) is 2. The fourth-order valence-corrected chi connectivity index (χ4v) is 3.95. The first-order chi connectivity index (χ1) is 14.6. The number of aryl methyl sites for hydroxylation is 1. The number of carbonyl (C=O) groups is 1. The summed E-state index contributed by atoms with van der Waals surface area (Å²) in [7, 11) is 1.88. The van der Waals surface area contributed by atoms with E-state index in [0.717, 1.165) is 47.9 Å². The molecule has 4 rings (SSSR count). The first-order valence-electron chi connectivity index (χ1n) is 10.2. The van der Waals surface area contributed by atoms with Gasteiger partial charge in [-0.05, 0) is 50.8 Å². The molecule has 0 radical (unpaired) electrons. The van der Waals surface area contributed by atoms with E-state index in [4.69, 9.17) is 4.74 Å². The monoisotopic (exact) mass is 500 g/mol. The van der Waals surface area contributed by atoms with Crippen molar-refractivity contribution < 1.29 is 22.7 Å². The Hall–Kier alpha value is -2.62. The molecule has 1 atom stereocenters. The summed E-state index contributed by atoms with van der Waals surface area (Å²) < 4.78 is 44.0. The lowest BCUT2D eigenvalue weighted by molar-refractivity contribution is -0.137. The molecule has 10 heteroatoms. The van der Waals surface area contributed by atoms with Gasteiger partial charge in [-0.25, -0.2) is 4.98 Å². The van der Waals surface area contributed by atoms with Crippen LogP contribution in [-0.2, 0) is 11.0 Å². The Morgan fingerprint density at radius 3 is 2.56 bits per heavy atom. The molecule has 0 spiro atoms. The number of hydrogen-bond acceptors (Lipinski definition) is 5. The predicted octanol–water partition coefficient (Wildman–Crippen LogP) is 5.84. The molecule has 0 saturated heterocycles. The van der Waals surface area contributed by atoms with Crippen LogP contribution >= 0.6 is 13.5 Å². The van der Waals surface area contributed by atoms with Crippen molar-refractivity contribution in [3.63, 3.8) is 0 Å². The van der Waals surface area contributed by atoms with Crippen molar-refractivity contribution in [3.8, 4) is 5.75 Å². The third-order valence-corrected chi connectivity index (χ3v) is 6.00. The number of halogens is 3. The maximum absolute atomic E-state index is 12.8. The maximum Gasteiger partial charge on any atom is 0.416 e. The summed E-state index contributed by atoms with van der Waals surface area (Å²) in [6.07, 6.45) is -2.68. The number of benzene rings is 1. The Balaban J connectivity index is 0.00000193. The number of hydrogen-bond donors (Lipinski definition) is 2. The van der Waals surface area contributed by atoms with Gasteiger partial charge >= 0.3 is 6.18 Å². The van der Waals surface area contributed by atoms with Crippen LogP contribution in [0.5, 0.6) is 5.75 Å².